The molecule has 0 spiro atoms. The number of nitrogens with two attached hydrogens (primary N) is 3. The van der Waals surface area contributed by atoms with Crippen molar-refractivity contribution in [3.05, 3.63) is 0 Å². The van der Waals surface area contributed by atoms with Crippen LogP contribution in [0.15, 0.2) is 0 Å². The third-order valence-corrected chi connectivity index (χ3v) is 2.79. The average Bonchev–Trinajstić information content (AvgIpc) is 2.37. The van der Waals surface area contributed by atoms with Gasteiger partial charge in [0.15, 0.2) is 0 Å². The van der Waals surface area contributed by atoms with E-state index in [2.05, 4.69) is 92.9 Å². The molecular weight excluding hydrogens is 595 g/mol. The van der Waals surface area contributed by atoms with Gasteiger partial charge in [0.05, 0.1) is 26.2 Å². The van der Waals surface area contributed by atoms with Crippen LogP contribution in [0.2, 0.25) is 0 Å². The average molecular weight is 632 g/mol. The quantitative estimate of drug-likeness (QED) is 0.0767. The third kappa shape index (κ3) is 49.7. The van der Waals surface area contributed by atoms with Crippen LogP contribution in [0.4, 0.5) is 0 Å². The van der Waals surface area contributed by atoms with Gasteiger partial charge in [0.1, 0.15) is 0 Å². The molecule has 0 aliphatic rings. The summed E-state index contributed by atoms with van der Waals surface area (Å²) >= 11 is 6.79. The van der Waals surface area contributed by atoms with Gasteiger partial charge in [-0.05, 0) is 25.7 Å². The van der Waals surface area contributed by atoms with Crippen LogP contribution in [-0.4, -0.2) is 92.9 Å². The summed E-state index contributed by atoms with van der Waals surface area (Å²) in [7, 11) is 0. The second-order valence-electron chi connectivity index (χ2n) is 5.33. The van der Waals surface area contributed by atoms with Gasteiger partial charge in [-0.15, -0.1) is 0 Å². The predicted octanol–water partition coefficient (Wildman–Crippen LogP) is -2.41. The fourth-order valence-corrected chi connectivity index (χ4v) is 2.57. The second kappa shape index (κ2) is 27.6. The third-order valence-electron chi connectivity index (χ3n) is 2.79. The van der Waals surface area contributed by atoms with Gasteiger partial charge in [0.25, 0.3) is 0 Å². The zero-order chi connectivity index (χ0) is 20.9. The van der Waals surface area contributed by atoms with Gasteiger partial charge < -0.3 is 21.5 Å². The van der Waals surface area contributed by atoms with Gasteiger partial charge >= 0.3 is 95.7 Å². The van der Waals surface area contributed by atoms with Crippen LogP contribution < -0.4 is 34.2 Å². The first-order chi connectivity index (χ1) is 11.4. The second-order valence-corrected chi connectivity index (χ2v) is 8.10. The number of hydrogen-bond donors (Lipinski definition) is 6. The van der Waals surface area contributed by atoms with E-state index in [1.54, 1.807) is 0 Å². The van der Waals surface area contributed by atoms with Crippen molar-refractivity contribution in [1.82, 2.24) is 0 Å². The Hall–Kier alpha value is 0.408. The van der Waals surface area contributed by atoms with E-state index < -0.39 is 0 Å². The zero-order valence-electron chi connectivity index (χ0n) is 16.4. The molecule has 11 heteroatoms. The molecule has 7 nitrogen and oxygen atoms in total. The SMILES string of the molecule is CCC[N+](CCC)(CCC)CCC.N=C(N)[Se].N=C(N)[Se].N=C(N)[Se].[Br-]. The molecule has 0 saturated heterocycles. The topological polar surface area (TPSA) is 150 Å². The van der Waals surface area contributed by atoms with Crippen molar-refractivity contribution in [2.24, 2.45) is 17.2 Å². The number of hydrogen-bond acceptors (Lipinski definition) is 3. The molecule has 0 aliphatic heterocycles. The maximum Gasteiger partial charge on any atom is -1.00 e. The van der Waals surface area contributed by atoms with Crippen molar-refractivity contribution < 1.29 is 21.5 Å². The van der Waals surface area contributed by atoms with Crippen LogP contribution >= 0.6 is 0 Å². The Bertz CT molecular complexity index is 275. The van der Waals surface area contributed by atoms with E-state index in [9.17, 15) is 0 Å². The summed E-state index contributed by atoms with van der Waals surface area (Å²) in [5.41, 5.74) is 13.9. The minimum atomic E-state index is 0. The number of nitrogens with one attached hydrogen (secondary N) is 3. The molecule has 0 saturated carbocycles. The van der Waals surface area contributed by atoms with Crippen molar-refractivity contribution in [1.29, 1.82) is 16.2 Å². The molecule has 0 heterocycles. The van der Waals surface area contributed by atoms with E-state index in [1.807, 2.05) is 0 Å². The van der Waals surface area contributed by atoms with E-state index in [0.29, 0.717) is 0 Å². The number of quaternary nitrogens is 1. The maximum atomic E-state index is 6.22. The number of halogens is 1. The summed E-state index contributed by atoms with van der Waals surface area (Å²) in [6, 6.07) is 0. The van der Waals surface area contributed by atoms with Gasteiger partial charge in [-0.1, -0.05) is 27.7 Å². The molecule has 0 aromatic carbocycles. The largest absolute Gasteiger partial charge is 1.00 e. The number of nitrogens with zero attached hydrogens (tertiary/aromatic N) is 1. The van der Waals surface area contributed by atoms with E-state index in [0.717, 1.165) is 0 Å². The van der Waals surface area contributed by atoms with Crippen LogP contribution in [0, 0.1) is 16.2 Å². The summed E-state index contributed by atoms with van der Waals surface area (Å²) < 4.78 is 1.50. The van der Waals surface area contributed by atoms with Gasteiger partial charge in [-0.25, -0.2) is 0 Å². The van der Waals surface area contributed by atoms with Crippen LogP contribution in [0.1, 0.15) is 53.4 Å². The molecule has 157 valence electrons. The smallest absolute Gasteiger partial charge is 1.00 e. The summed E-state index contributed by atoms with van der Waals surface area (Å²) in [6.07, 6.45) is 5.33. The monoisotopic (exact) mass is 634 g/mol. The van der Waals surface area contributed by atoms with E-state index in [1.165, 1.54) is 56.3 Å². The Kier molecular flexibility index (Phi) is 39.5. The Morgan fingerprint density at radius 2 is 0.731 bits per heavy atom. The standard InChI is InChI=1S/C12H28N.3CH3N2Se.BrH/c1-5-9-13(10-6-2,11-7-3)12-8-4;3*2-1(3)4;/h5-12H2,1-4H3;3*(H3,2,3);1H/q+1;;;;/p-1. The number of rotatable bonds is 8. The first-order valence-electron chi connectivity index (χ1n) is 8.32. The molecule has 0 amide bonds. The molecule has 0 bridgehead atoms. The van der Waals surface area contributed by atoms with E-state index in [-0.39, 0.29) is 31.2 Å². The molecule has 0 rings (SSSR count). The Morgan fingerprint density at radius 3 is 0.808 bits per heavy atom. The van der Waals surface area contributed by atoms with Crippen molar-refractivity contribution in [3.8, 4) is 0 Å². The molecule has 3 radical (unpaired) electrons. The fraction of sp³-hybridized carbons (Fsp3) is 0.800. The van der Waals surface area contributed by atoms with Crippen molar-refractivity contribution in [2.75, 3.05) is 26.2 Å². The van der Waals surface area contributed by atoms with Crippen LogP contribution in [0.3, 0.4) is 0 Å². The zero-order valence-corrected chi connectivity index (χ0v) is 23.2. The molecule has 26 heavy (non-hydrogen) atoms. The van der Waals surface area contributed by atoms with E-state index in [4.69, 9.17) is 16.2 Å². The fourth-order valence-electron chi connectivity index (χ4n) is 2.57. The van der Waals surface area contributed by atoms with Crippen LogP contribution in [0.25, 0.3) is 0 Å². The molecule has 0 aromatic heterocycles. The molecular formula is C15H37BrN7Se3. The minimum Gasteiger partial charge on any atom is -1.00 e. The normalized spacial score (nSPS) is 8.77. The first kappa shape index (κ1) is 37.2. The summed E-state index contributed by atoms with van der Waals surface area (Å²) in [6.45, 7) is 14.8. The maximum absolute atomic E-state index is 6.22. The molecule has 9 N–H and O–H groups in total. The van der Waals surface area contributed by atoms with Crippen LogP contribution in [0.5, 0.6) is 0 Å². The van der Waals surface area contributed by atoms with Crippen molar-refractivity contribution in [3.63, 3.8) is 0 Å². The van der Waals surface area contributed by atoms with Gasteiger partial charge in [0.2, 0.25) is 0 Å². The first-order valence-corrected chi connectivity index (χ1v) is 10.9. The van der Waals surface area contributed by atoms with E-state index >= 15 is 0 Å². The predicted molar refractivity (Wildman–Crippen MR) is 114 cm³/mol. The van der Waals surface area contributed by atoms with Crippen LogP contribution in [-0.2, 0) is 0 Å². The van der Waals surface area contributed by atoms with Gasteiger partial charge in [-0.2, -0.15) is 0 Å². The Balaban J connectivity index is -0.0000000933. The molecule has 0 unspecified atom stereocenters. The summed E-state index contributed by atoms with van der Waals surface area (Å²) in [5.74, 6) is 0. The summed E-state index contributed by atoms with van der Waals surface area (Å²) in [5, 5.41) is 18.7. The van der Waals surface area contributed by atoms with Gasteiger partial charge in [-0.3, -0.25) is 0 Å². The number of amidine groups is 3. The van der Waals surface area contributed by atoms with Crippen molar-refractivity contribution in [2.45, 2.75) is 53.4 Å². The van der Waals surface area contributed by atoms with Crippen molar-refractivity contribution >= 4 is 62.2 Å². The summed E-state index contributed by atoms with van der Waals surface area (Å²) in [4.78, 5) is 0. The molecule has 0 aliphatic carbocycles. The van der Waals surface area contributed by atoms with Gasteiger partial charge in [0, 0.05) is 0 Å². The minimum absolute atomic E-state index is 0. The molecule has 0 fully saturated rings. The molecule has 0 atom stereocenters. The Labute approximate surface area is 195 Å². The Morgan fingerprint density at radius 1 is 0.615 bits per heavy atom. The molecule has 0 aromatic rings.